The molecule has 1 aromatic heterocycles. The van der Waals surface area contributed by atoms with Gasteiger partial charge in [0.05, 0.1) is 29.6 Å². The van der Waals surface area contributed by atoms with Crippen molar-refractivity contribution in [2.45, 2.75) is 19.9 Å². The molecule has 5 nitrogen and oxygen atoms in total. The predicted octanol–water partition coefficient (Wildman–Crippen LogP) is 1.63. The van der Waals surface area contributed by atoms with E-state index >= 15 is 0 Å². The number of fused-ring (bicyclic) bond motifs is 3. The lowest BCUT2D eigenvalue weighted by Gasteiger charge is -2.20. The van der Waals surface area contributed by atoms with Crippen molar-refractivity contribution < 1.29 is 0 Å². The first-order chi connectivity index (χ1) is 8.33. The number of benzene rings is 1. The van der Waals surface area contributed by atoms with Crippen LogP contribution in [-0.4, -0.2) is 14.8 Å². The summed E-state index contributed by atoms with van der Waals surface area (Å²) < 4.78 is 2.06. The highest BCUT2D eigenvalue weighted by Crippen LogP contribution is 2.28. The van der Waals surface area contributed by atoms with Gasteiger partial charge in [-0.2, -0.15) is 5.26 Å². The summed E-state index contributed by atoms with van der Waals surface area (Å²) in [6.07, 6.45) is 0.840. The van der Waals surface area contributed by atoms with Gasteiger partial charge in [-0.15, -0.1) is 10.2 Å². The first kappa shape index (κ1) is 9.85. The molecule has 0 unspecified atom stereocenters. The Balaban J connectivity index is 2.22. The molecule has 0 saturated heterocycles. The fourth-order valence-electron chi connectivity index (χ4n) is 2.09. The quantitative estimate of drug-likeness (QED) is 0.801. The van der Waals surface area contributed by atoms with Gasteiger partial charge in [0.25, 0.3) is 0 Å². The van der Waals surface area contributed by atoms with Gasteiger partial charge in [-0.3, -0.25) is 4.57 Å². The summed E-state index contributed by atoms with van der Waals surface area (Å²) in [4.78, 5) is 0. The molecule has 84 valence electrons. The van der Waals surface area contributed by atoms with Gasteiger partial charge in [0.1, 0.15) is 5.82 Å². The zero-order valence-electron chi connectivity index (χ0n) is 9.44. The third-order valence-electron chi connectivity index (χ3n) is 2.92. The third-order valence-corrected chi connectivity index (χ3v) is 2.92. The molecule has 1 aliphatic heterocycles. The zero-order chi connectivity index (χ0) is 11.8. The van der Waals surface area contributed by atoms with Gasteiger partial charge in [-0.05, 0) is 18.2 Å². The van der Waals surface area contributed by atoms with Crippen molar-refractivity contribution in [1.29, 1.82) is 5.26 Å². The summed E-state index contributed by atoms with van der Waals surface area (Å²) >= 11 is 0. The lowest BCUT2D eigenvalue weighted by Crippen LogP contribution is -2.17. The highest BCUT2D eigenvalue weighted by Gasteiger charge is 2.20. The van der Waals surface area contributed by atoms with E-state index in [0.717, 1.165) is 29.4 Å². The van der Waals surface area contributed by atoms with Crippen LogP contribution in [0.2, 0.25) is 0 Å². The summed E-state index contributed by atoms with van der Waals surface area (Å²) in [6.45, 7) is 2.71. The number of nitriles is 1. The second kappa shape index (κ2) is 3.59. The maximum atomic E-state index is 8.89. The SMILES string of the molecule is CCc1nnc2n1-c1ccc(C#N)cc1NC2. The molecule has 17 heavy (non-hydrogen) atoms. The minimum Gasteiger partial charge on any atom is -0.376 e. The Kier molecular flexibility index (Phi) is 2.08. The number of hydrogen-bond acceptors (Lipinski definition) is 4. The maximum absolute atomic E-state index is 8.89. The van der Waals surface area contributed by atoms with Crippen molar-refractivity contribution in [2.75, 3.05) is 5.32 Å². The molecule has 2 heterocycles. The molecule has 2 aromatic rings. The number of aryl methyl sites for hydroxylation is 1. The molecular weight excluding hydrogens is 214 g/mol. The smallest absolute Gasteiger partial charge is 0.157 e. The average molecular weight is 225 g/mol. The van der Waals surface area contributed by atoms with Crippen LogP contribution in [0, 0.1) is 11.3 Å². The molecule has 0 bridgehead atoms. The van der Waals surface area contributed by atoms with Crippen LogP contribution in [0.1, 0.15) is 24.1 Å². The molecule has 0 aliphatic carbocycles. The van der Waals surface area contributed by atoms with Gasteiger partial charge in [0.2, 0.25) is 0 Å². The van der Waals surface area contributed by atoms with Crippen molar-refractivity contribution in [1.82, 2.24) is 14.8 Å². The van der Waals surface area contributed by atoms with Crippen molar-refractivity contribution in [3.05, 3.63) is 35.4 Å². The van der Waals surface area contributed by atoms with E-state index in [-0.39, 0.29) is 0 Å². The summed E-state index contributed by atoms with van der Waals surface area (Å²) in [5.74, 6) is 1.87. The standard InChI is InChI=1S/C12H11N5/c1-2-11-15-16-12-7-14-9-5-8(6-13)3-4-10(9)17(11)12/h3-5,14H,2,7H2,1H3. The van der Waals surface area contributed by atoms with E-state index < -0.39 is 0 Å². The summed E-state index contributed by atoms with van der Waals surface area (Å²) in [6, 6.07) is 7.75. The third kappa shape index (κ3) is 1.38. The van der Waals surface area contributed by atoms with Gasteiger partial charge in [-0.1, -0.05) is 6.92 Å². The molecule has 1 aromatic carbocycles. The van der Waals surface area contributed by atoms with Crippen LogP contribution in [0.5, 0.6) is 0 Å². The topological polar surface area (TPSA) is 66.5 Å². The second-order valence-corrected chi connectivity index (χ2v) is 3.92. The van der Waals surface area contributed by atoms with E-state index in [0.29, 0.717) is 12.1 Å². The van der Waals surface area contributed by atoms with E-state index in [1.165, 1.54) is 0 Å². The first-order valence-corrected chi connectivity index (χ1v) is 5.55. The molecule has 0 fully saturated rings. The lowest BCUT2D eigenvalue weighted by molar-refractivity contribution is 0.825. The first-order valence-electron chi connectivity index (χ1n) is 5.55. The zero-order valence-corrected chi connectivity index (χ0v) is 9.44. The molecule has 0 radical (unpaired) electrons. The van der Waals surface area contributed by atoms with E-state index in [1.807, 2.05) is 18.2 Å². The van der Waals surface area contributed by atoms with Crippen LogP contribution >= 0.6 is 0 Å². The fourth-order valence-corrected chi connectivity index (χ4v) is 2.09. The molecule has 5 heteroatoms. The molecular formula is C12H11N5. The molecule has 0 atom stereocenters. The van der Waals surface area contributed by atoms with E-state index in [9.17, 15) is 0 Å². The minimum absolute atomic E-state index is 0.648. The highest BCUT2D eigenvalue weighted by molar-refractivity contribution is 5.66. The van der Waals surface area contributed by atoms with Crippen LogP contribution in [0.4, 0.5) is 5.69 Å². The Morgan fingerprint density at radius 3 is 3.12 bits per heavy atom. The van der Waals surface area contributed by atoms with Crippen molar-refractivity contribution in [3.63, 3.8) is 0 Å². The Morgan fingerprint density at radius 2 is 2.35 bits per heavy atom. The van der Waals surface area contributed by atoms with Crippen molar-refractivity contribution in [3.8, 4) is 11.8 Å². The summed E-state index contributed by atoms with van der Waals surface area (Å²) in [5, 5.41) is 20.5. The fraction of sp³-hybridized carbons (Fsp3) is 0.250. The molecule has 1 N–H and O–H groups in total. The number of aromatic nitrogens is 3. The van der Waals surface area contributed by atoms with Crippen LogP contribution in [0.15, 0.2) is 18.2 Å². The van der Waals surface area contributed by atoms with Crippen LogP contribution in [-0.2, 0) is 13.0 Å². The molecule has 3 rings (SSSR count). The highest BCUT2D eigenvalue weighted by atomic mass is 15.3. The van der Waals surface area contributed by atoms with Crippen molar-refractivity contribution in [2.24, 2.45) is 0 Å². The maximum Gasteiger partial charge on any atom is 0.157 e. The van der Waals surface area contributed by atoms with Gasteiger partial charge in [0, 0.05) is 6.42 Å². The molecule has 0 amide bonds. The normalized spacial score (nSPS) is 12.2. The number of hydrogen-bond donors (Lipinski definition) is 1. The molecule has 0 spiro atoms. The average Bonchev–Trinajstić information content (AvgIpc) is 2.81. The summed E-state index contributed by atoms with van der Waals surface area (Å²) in [5.41, 5.74) is 2.64. The Bertz CT molecular complexity index is 607. The van der Waals surface area contributed by atoms with Crippen molar-refractivity contribution >= 4 is 5.69 Å². The van der Waals surface area contributed by atoms with Gasteiger partial charge in [-0.25, -0.2) is 0 Å². The molecule has 1 aliphatic rings. The summed E-state index contributed by atoms with van der Waals surface area (Å²) in [7, 11) is 0. The largest absolute Gasteiger partial charge is 0.376 e. The number of rotatable bonds is 1. The Labute approximate surface area is 98.7 Å². The van der Waals surface area contributed by atoms with Gasteiger partial charge in [0.15, 0.2) is 5.82 Å². The number of anilines is 1. The monoisotopic (exact) mass is 225 g/mol. The van der Waals surface area contributed by atoms with E-state index in [4.69, 9.17) is 5.26 Å². The second-order valence-electron chi connectivity index (χ2n) is 3.92. The molecule has 0 saturated carbocycles. The Morgan fingerprint density at radius 1 is 1.47 bits per heavy atom. The van der Waals surface area contributed by atoms with E-state index in [1.54, 1.807) is 0 Å². The predicted molar refractivity (Wildman–Crippen MR) is 62.8 cm³/mol. The van der Waals surface area contributed by atoms with Crippen LogP contribution in [0.3, 0.4) is 0 Å². The van der Waals surface area contributed by atoms with Crippen LogP contribution < -0.4 is 5.32 Å². The van der Waals surface area contributed by atoms with Gasteiger partial charge >= 0.3 is 0 Å². The number of nitrogens with zero attached hydrogens (tertiary/aromatic N) is 4. The van der Waals surface area contributed by atoms with Gasteiger partial charge < -0.3 is 5.32 Å². The minimum atomic E-state index is 0.648. The van der Waals surface area contributed by atoms with E-state index in [2.05, 4.69) is 33.1 Å². The number of nitrogens with one attached hydrogen (secondary N) is 1. The Hall–Kier alpha value is -2.35. The lowest BCUT2D eigenvalue weighted by atomic mass is 10.1. The van der Waals surface area contributed by atoms with Crippen LogP contribution in [0.25, 0.3) is 5.69 Å².